The highest BCUT2D eigenvalue weighted by molar-refractivity contribution is 8.23. The molecule has 1 saturated heterocycles. The first-order valence-electron chi connectivity index (χ1n) is 7.71. The van der Waals surface area contributed by atoms with E-state index in [9.17, 15) is 13.6 Å². The normalized spacial score (nSPS) is 15.4. The van der Waals surface area contributed by atoms with E-state index in [1.54, 1.807) is 12.1 Å². The fraction of sp³-hybridized carbons (Fsp3) is 0.500. The highest BCUT2D eigenvalue weighted by atomic mass is 32.2. The molecule has 1 aromatic rings. The van der Waals surface area contributed by atoms with Gasteiger partial charge in [-0.05, 0) is 30.9 Å². The summed E-state index contributed by atoms with van der Waals surface area (Å²) in [6, 6.07) is 6.11. The van der Waals surface area contributed by atoms with E-state index in [4.69, 9.17) is 12.2 Å². The third-order valence-electron chi connectivity index (χ3n) is 3.75. The molecule has 0 saturated carbocycles. The Hall–Kier alpha value is -1.41. The fourth-order valence-electron chi connectivity index (χ4n) is 2.36. The average Bonchev–Trinajstić information content (AvgIpc) is 2.54. The number of ether oxygens (including phenoxy) is 1. The molecule has 0 aromatic heterocycles. The number of carbonyl (C=O) groups is 1. The van der Waals surface area contributed by atoms with Crippen LogP contribution in [0, 0.1) is 5.92 Å². The molecule has 1 N–H and O–H groups in total. The van der Waals surface area contributed by atoms with Crippen LogP contribution in [-0.2, 0) is 4.79 Å². The van der Waals surface area contributed by atoms with E-state index in [2.05, 4.69) is 21.9 Å². The van der Waals surface area contributed by atoms with Crippen molar-refractivity contribution in [1.82, 2.24) is 4.90 Å². The van der Waals surface area contributed by atoms with Crippen LogP contribution in [0.3, 0.4) is 0 Å². The molecular formula is C16H20F2N2O2S2. The molecule has 0 radical (unpaired) electrons. The molecule has 1 amide bonds. The second kappa shape index (κ2) is 9.17. The molecule has 0 spiro atoms. The van der Waals surface area contributed by atoms with Crippen LogP contribution in [0.4, 0.5) is 14.5 Å². The van der Waals surface area contributed by atoms with Gasteiger partial charge >= 0.3 is 6.61 Å². The quantitative estimate of drug-likeness (QED) is 0.790. The van der Waals surface area contributed by atoms with Crippen LogP contribution in [0.5, 0.6) is 5.75 Å². The summed E-state index contributed by atoms with van der Waals surface area (Å²) in [7, 11) is 0. The Morgan fingerprint density at radius 3 is 2.75 bits per heavy atom. The topological polar surface area (TPSA) is 41.6 Å². The summed E-state index contributed by atoms with van der Waals surface area (Å²) in [6.45, 7) is 1.12. The lowest BCUT2D eigenvalue weighted by atomic mass is 10.00. The van der Waals surface area contributed by atoms with Crippen molar-refractivity contribution in [1.29, 1.82) is 0 Å². The van der Waals surface area contributed by atoms with E-state index >= 15 is 0 Å². The summed E-state index contributed by atoms with van der Waals surface area (Å²) in [5.74, 6) is 0.480. The van der Waals surface area contributed by atoms with Gasteiger partial charge in [-0.15, -0.1) is 0 Å². The second-order valence-electron chi connectivity index (χ2n) is 5.65. The van der Waals surface area contributed by atoms with Crippen LogP contribution in [0.2, 0.25) is 0 Å². The van der Waals surface area contributed by atoms with Crippen LogP contribution in [0.15, 0.2) is 24.3 Å². The minimum Gasteiger partial charge on any atom is -0.433 e. The van der Waals surface area contributed by atoms with E-state index in [1.165, 1.54) is 23.9 Å². The number of amides is 1. The van der Waals surface area contributed by atoms with Crippen LogP contribution >= 0.6 is 24.0 Å². The molecule has 2 rings (SSSR count). The SMILES string of the molecule is CC1CCN(C(=S)SCC(=O)Nc2ccccc2OC(F)F)CC1. The van der Waals surface area contributed by atoms with Gasteiger partial charge in [-0.1, -0.05) is 43.0 Å². The molecule has 4 nitrogen and oxygen atoms in total. The Morgan fingerprint density at radius 1 is 1.42 bits per heavy atom. The molecule has 24 heavy (non-hydrogen) atoms. The molecule has 0 atom stereocenters. The van der Waals surface area contributed by atoms with Gasteiger partial charge in [-0.2, -0.15) is 8.78 Å². The number of piperidine rings is 1. The largest absolute Gasteiger partial charge is 0.433 e. The molecule has 132 valence electrons. The van der Waals surface area contributed by atoms with Crippen LogP contribution in [0.25, 0.3) is 0 Å². The number of para-hydroxylation sites is 2. The number of hydrogen-bond acceptors (Lipinski definition) is 4. The van der Waals surface area contributed by atoms with Crippen molar-refractivity contribution in [2.75, 3.05) is 24.2 Å². The maximum Gasteiger partial charge on any atom is 0.387 e. The van der Waals surface area contributed by atoms with Crippen molar-refractivity contribution < 1.29 is 18.3 Å². The monoisotopic (exact) mass is 374 g/mol. The Labute approximate surface area is 149 Å². The number of likely N-dealkylation sites (tertiary alicyclic amines) is 1. The van der Waals surface area contributed by atoms with Gasteiger partial charge in [0, 0.05) is 13.1 Å². The molecule has 1 heterocycles. The molecule has 0 bridgehead atoms. The number of carbonyl (C=O) groups excluding carboxylic acids is 1. The molecule has 1 aliphatic rings. The zero-order valence-electron chi connectivity index (χ0n) is 13.3. The fourth-order valence-corrected chi connectivity index (χ4v) is 3.42. The maximum atomic E-state index is 12.4. The van der Waals surface area contributed by atoms with Crippen molar-refractivity contribution in [2.45, 2.75) is 26.4 Å². The average molecular weight is 374 g/mol. The summed E-state index contributed by atoms with van der Waals surface area (Å²) in [4.78, 5) is 14.1. The number of halogens is 2. The Balaban J connectivity index is 1.82. The van der Waals surface area contributed by atoms with Gasteiger partial charge in [0.1, 0.15) is 10.1 Å². The van der Waals surface area contributed by atoms with E-state index in [-0.39, 0.29) is 23.1 Å². The number of alkyl halides is 2. The van der Waals surface area contributed by atoms with Gasteiger partial charge in [-0.25, -0.2) is 0 Å². The smallest absolute Gasteiger partial charge is 0.387 e. The van der Waals surface area contributed by atoms with Gasteiger partial charge in [0.2, 0.25) is 5.91 Å². The summed E-state index contributed by atoms with van der Waals surface area (Å²) >= 11 is 6.65. The third-order valence-corrected chi connectivity index (χ3v) is 5.27. The zero-order chi connectivity index (χ0) is 17.5. The van der Waals surface area contributed by atoms with Crippen LogP contribution in [0.1, 0.15) is 19.8 Å². The lowest BCUT2D eigenvalue weighted by Gasteiger charge is -2.31. The van der Waals surface area contributed by atoms with Gasteiger partial charge < -0.3 is 15.0 Å². The van der Waals surface area contributed by atoms with E-state index in [0.717, 1.165) is 25.9 Å². The van der Waals surface area contributed by atoms with Gasteiger partial charge in [-0.3, -0.25) is 4.79 Å². The summed E-state index contributed by atoms with van der Waals surface area (Å²) in [5, 5.41) is 2.58. The molecule has 1 aromatic carbocycles. The Morgan fingerprint density at radius 2 is 2.08 bits per heavy atom. The highest BCUT2D eigenvalue weighted by Crippen LogP contribution is 2.26. The lowest BCUT2D eigenvalue weighted by Crippen LogP contribution is -2.36. The van der Waals surface area contributed by atoms with E-state index in [1.807, 2.05) is 0 Å². The predicted octanol–water partition coefficient (Wildman–Crippen LogP) is 3.98. The summed E-state index contributed by atoms with van der Waals surface area (Å²) in [6.07, 6.45) is 2.20. The van der Waals surface area contributed by atoms with Crippen molar-refractivity contribution in [3.05, 3.63) is 24.3 Å². The maximum absolute atomic E-state index is 12.4. The van der Waals surface area contributed by atoms with Gasteiger partial charge in [0.15, 0.2) is 0 Å². The first-order valence-corrected chi connectivity index (χ1v) is 9.10. The molecule has 0 unspecified atom stereocenters. The zero-order valence-corrected chi connectivity index (χ0v) is 15.0. The van der Waals surface area contributed by atoms with E-state index < -0.39 is 6.61 Å². The lowest BCUT2D eigenvalue weighted by molar-refractivity contribution is -0.113. The number of nitrogens with one attached hydrogen (secondary N) is 1. The molecule has 1 fully saturated rings. The van der Waals surface area contributed by atoms with Crippen molar-refractivity contribution in [2.24, 2.45) is 5.92 Å². The minimum atomic E-state index is -2.94. The molecular weight excluding hydrogens is 354 g/mol. The van der Waals surface area contributed by atoms with Crippen LogP contribution in [-0.4, -0.2) is 40.6 Å². The first kappa shape index (κ1) is 18.9. The van der Waals surface area contributed by atoms with E-state index in [0.29, 0.717) is 10.2 Å². The number of rotatable bonds is 5. The van der Waals surface area contributed by atoms with Gasteiger partial charge in [0.25, 0.3) is 0 Å². The number of thiocarbonyl (C=S) groups is 1. The third kappa shape index (κ3) is 5.90. The Bertz CT molecular complexity index is 579. The minimum absolute atomic E-state index is 0.0570. The number of thioether (sulfide) groups is 1. The van der Waals surface area contributed by atoms with Gasteiger partial charge in [0.05, 0.1) is 11.4 Å². The van der Waals surface area contributed by atoms with Crippen molar-refractivity contribution in [3.63, 3.8) is 0 Å². The number of anilines is 1. The molecule has 1 aliphatic heterocycles. The number of hydrogen-bond donors (Lipinski definition) is 1. The summed E-state index contributed by atoms with van der Waals surface area (Å²) in [5.41, 5.74) is 0.223. The second-order valence-corrected chi connectivity index (χ2v) is 7.26. The number of benzene rings is 1. The molecule has 0 aliphatic carbocycles. The van der Waals surface area contributed by atoms with Crippen molar-refractivity contribution in [3.8, 4) is 5.75 Å². The number of nitrogens with zero attached hydrogens (tertiary/aromatic N) is 1. The summed E-state index contributed by atoms with van der Waals surface area (Å²) < 4.78 is 29.8. The standard InChI is InChI=1S/C16H20F2N2O2S2/c1-11-6-8-20(9-7-11)16(23)24-10-14(21)19-12-4-2-3-5-13(12)22-15(17)18/h2-5,11,15H,6-10H2,1H3,(H,19,21). The van der Waals surface area contributed by atoms with Crippen molar-refractivity contribution >= 4 is 39.9 Å². The Kier molecular flexibility index (Phi) is 7.23. The van der Waals surface area contributed by atoms with Crippen LogP contribution < -0.4 is 10.1 Å². The predicted molar refractivity (Wildman–Crippen MR) is 96.7 cm³/mol. The highest BCUT2D eigenvalue weighted by Gasteiger charge is 2.19. The molecule has 8 heteroatoms. The first-order chi connectivity index (χ1) is 11.5.